The van der Waals surface area contributed by atoms with Gasteiger partial charge in [-0.15, -0.1) is 0 Å². The molecular weight excluding hydrogens is 1210 g/mol. The number of aryl methyl sites for hydroxylation is 10. The summed E-state index contributed by atoms with van der Waals surface area (Å²) < 4.78 is 0. The van der Waals surface area contributed by atoms with Gasteiger partial charge in [0.2, 0.25) is 0 Å². The normalized spacial score (nSPS) is 11.4. The zero-order valence-corrected chi connectivity index (χ0v) is 62.4. The van der Waals surface area contributed by atoms with E-state index in [1.165, 1.54) is 137 Å². The van der Waals surface area contributed by atoms with Crippen molar-refractivity contribution in [3.8, 4) is 22.3 Å². The summed E-state index contributed by atoms with van der Waals surface area (Å²) in [6.07, 6.45) is 7.12. The molecule has 0 saturated carbocycles. The summed E-state index contributed by atoms with van der Waals surface area (Å²) in [5, 5.41) is 0. The van der Waals surface area contributed by atoms with Gasteiger partial charge in [-0.2, -0.15) is 0 Å². The van der Waals surface area contributed by atoms with E-state index < -0.39 is 0 Å². The van der Waals surface area contributed by atoms with Gasteiger partial charge < -0.3 is 19.6 Å². The molecule has 12 aromatic rings. The Kier molecular flexibility index (Phi) is 22.3. The van der Waals surface area contributed by atoms with Crippen LogP contribution in [0.15, 0.2) is 267 Å². The van der Waals surface area contributed by atoms with Gasteiger partial charge in [0.05, 0.1) is 11.4 Å². The van der Waals surface area contributed by atoms with E-state index in [4.69, 9.17) is 0 Å². The van der Waals surface area contributed by atoms with Crippen molar-refractivity contribution in [1.82, 2.24) is 0 Å². The maximum Gasteiger partial charge on any atom is 0.0520 e. The molecule has 0 aromatic heterocycles. The molecule has 4 heteroatoms. The van der Waals surface area contributed by atoms with E-state index in [-0.39, 0.29) is 10.8 Å². The minimum absolute atomic E-state index is 0.0889. The summed E-state index contributed by atoms with van der Waals surface area (Å²) in [7, 11) is 0. The Hall–Kier alpha value is -10.2. The third-order valence-corrected chi connectivity index (χ3v) is 19.5. The first-order chi connectivity index (χ1) is 48.0. The van der Waals surface area contributed by atoms with Crippen LogP contribution in [0.25, 0.3) is 22.3 Å². The molecule has 0 aliphatic rings. The lowest BCUT2D eigenvalue weighted by Gasteiger charge is -2.31. The number of nitrogens with zero attached hydrogens (tertiary/aromatic N) is 4. The zero-order chi connectivity index (χ0) is 70.8. The van der Waals surface area contributed by atoms with Crippen molar-refractivity contribution in [1.29, 1.82) is 0 Å². The summed E-state index contributed by atoms with van der Waals surface area (Å²) >= 11 is 0. The van der Waals surface area contributed by atoms with E-state index in [0.717, 1.165) is 58.3 Å². The predicted octanol–water partition coefficient (Wildman–Crippen LogP) is 28.3. The minimum atomic E-state index is 0.0889. The van der Waals surface area contributed by atoms with Gasteiger partial charge in [0, 0.05) is 56.9 Å². The molecule has 0 aliphatic heterocycles. The average Bonchev–Trinajstić information content (AvgIpc) is 0.782. The number of benzene rings is 12. The lowest BCUT2D eigenvalue weighted by atomic mass is 9.84. The lowest BCUT2D eigenvalue weighted by molar-refractivity contribution is 0.589. The zero-order valence-electron chi connectivity index (χ0n) is 62.4. The first kappa shape index (κ1) is 71.1. The van der Waals surface area contributed by atoms with Gasteiger partial charge in [0.25, 0.3) is 0 Å². The number of hydrogen-bond donors (Lipinski definition) is 0. The van der Waals surface area contributed by atoms with Crippen molar-refractivity contribution in [3.63, 3.8) is 0 Å². The van der Waals surface area contributed by atoms with Gasteiger partial charge in [0.15, 0.2) is 0 Å². The van der Waals surface area contributed by atoms with E-state index in [1.54, 1.807) is 0 Å². The van der Waals surface area contributed by atoms with Crippen LogP contribution in [0.2, 0.25) is 0 Å². The molecule has 0 saturated heterocycles. The fourth-order valence-electron chi connectivity index (χ4n) is 13.6. The largest absolute Gasteiger partial charge is 0.311 e. The molecule has 0 aliphatic carbocycles. The summed E-state index contributed by atoms with van der Waals surface area (Å²) in [5.41, 5.74) is 34.7. The molecule has 0 fully saturated rings. The van der Waals surface area contributed by atoms with Crippen LogP contribution in [-0.4, -0.2) is 0 Å². The Balaban J connectivity index is 0.000000202. The van der Waals surface area contributed by atoms with Gasteiger partial charge in [-0.25, -0.2) is 0 Å². The fourth-order valence-corrected chi connectivity index (χ4v) is 13.6. The highest BCUT2D eigenvalue weighted by atomic mass is 15.2. The number of unbranched alkanes of at least 4 members (excludes halogenated alkanes) is 2. The molecule has 12 rings (SSSR count). The molecule has 0 N–H and O–H groups in total. The van der Waals surface area contributed by atoms with E-state index in [0.29, 0.717) is 0 Å². The van der Waals surface area contributed by atoms with Gasteiger partial charge in [-0.3, -0.25) is 0 Å². The topological polar surface area (TPSA) is 13.0 Å². The molecule has 100 heavy (non-hydrogen) atoms. The molecule has 4 nitrogen and oxygen atoms in total. The van der Waals surface area contributed by atoms with E-state index in [1.807, 2.05) is 0 Å². The summed E-state index contributed by atoms with van der Waals surface area (Å²) in [5.74, 6) is 0. The molecule has 0 radical (unpaired) electrons. The molecule has 0 unspecified atom stereocenters. The summed E-state index contributed by atoms with van der Waals surface area (Å²) in [6, 6.07) is 99.0. The van der Waals surface area contributed by atoms with Crippen molar-refractivity contribution >= 4 is 68.2 Å². The van der Waals surface area contributed by atoms with Crippen LogP contribution >= 0.6 is 0 Å². The molecule has 0 bridgehead atoms. The Bertz CT molecular complexity index is 4280. The summed E-state index contributed by atoms with van der Waals surface area (Å²) in [6.45, 7) is 35.8. The molecule has 12 aromatic carbocycles. The second-order valence-corrected chi connectivity index (χ2v) is 29.8. The number of anilines is 12. The second kappa shape index (κ2) is 31.4. The Morgan fingerprint density at radius 2 is 0.410 bits per heavy atom. The van der Waals surface area contributed by atoms with Crippen molar-refractivity contribution in [3.05, 3.63) is 334 Å². The first-order valence-electron chi connectivity index (χ1n) is 36.3. The van der Waals surface area contributed by atoms with Gasteiger partial charge in [0.1, 0.15) is 0 Å². The van der Waals surface area contributed by atoms with Crippen molar-refractivity contribution in [2.45, 2.75) is 160 Å². The average molecular weight is 1310 g/mol. The van der Waals surface area contributed by atoms with Gasteiger partial charge in [-0.05, 0) is 280 Å². The van der Waals surface area contributed by atoms with Crippen molar-refractivity contribution in [2.75, 3.05) is 19.6 Å². The van der Waals surface area contributed by atoms with Crippen LogP contribution in [0.1, 0.15) is 148 Å². The quantitative estimate of drug-likeness (QED) is 0.0754. The number of hydrogen-bond acceptors (Lipinski definition) is 4. The Morgan fingerprint density at radius 3 is 0.600 bits per heavy atom. The number of rotatable bonds is 20. The van der Waals surface area contributed by atoms with Crippen LogP contribution in [0.3, 0.4) is 0 Å². The molecule has 0 heterocycles. The SMILES string of the molecule is CCCCc1ccc(N(c2ccc(C)cc2)c2ccc(-c3ccc(N(c4ccc(C)cc4)c4ccc(CCCC)cc4)cc3)cc2)cc1.Cc1ccc(N(c2ccc(-c3ccc(N(c4ccc(C)cc4)c4c(C)cc(C(C)(C)C)cc4C)cc3)cc2)c2c(C)cc(C(C)(C)C)cc2C)cc1. The predicted molar refractivity (Wildman–Crippen MR) is 435 cm³/mol. The van der Waals surface area contributed by atoms with E-state index in [2.05, 4.69) is 397 Å². The summed E-state index contributed by atoms with van der Waals surface area (Å²) in [4.78, 5) is 9.53. The molecular formula is C96H104N4. The molecule has 0 amide bonds. The maximum absolute atomic E-state index is 2.42. The van der Waals surface area contributed by atoms with Crippen LogP contribution in [0.4, 0.5) is 68.2 Å². The molecule has 0 spiro atoms. The minimum Gasteiger partial charge on any atom is -0.311 e. The van der Waals surface area contributed by atoms with Crippen molar-refractivity contribution < 1.29 is 0 Å². The van der Waals surface area contributed by atoms with Gasteiger partial charge >= 0.3 is 0 Å². The Morgan fingerprint density at radius 1 is 0.230 bits per heavy atom. The van der Waals surface area contributed by atoms with Gasteiger partial charge in [-0.1, -0.05) is 236 Å². The monoisotopic (exact) mass is 1310 g/mol. The van der Waals surface area contributed by atoms with Crippen LogP contribution < -0.4 is 19.6 Å². The van der Waals surface area contributed by atoms with E-state index in [9.17, 15) is 0 Å². The highest BCUT2D eigenvalue weighted by Crippen LogP contribution is 2.45. The lowest BCUT2D eigenvalue weighted by Crippen LogP contribution is -2.16. The van der Waals surface area contributed by atoms with Crippen LogP contribution in [-0.2, 0) is 23.7 Å². The highest BCUT2D eigenvalue weighted by molar-refractivity contribution is 5.86. The van der Waals surface area contributed by atoms with Crippen molar-refractivity contribution in [2.24, 2.45) is 0 Å². The van der Waals surface area contributed by atoms with Crippen LogP contribution in [0.5, 0.6) is 0 Å². The fraction of sp³-hybridized carbons (Fsp3) is 0.250. The molecule has 0 atom stereocenters. The second-order valence-electron chi connectivity index (χ2n) is 29.8. The smallest absolute Gasteiger partial charge is 0.0520 e. The highest BCUT2D eigenvalue weighted by Gasteiger charge is 2.25. The van der Waals surface area contributed by atoms with E-state index >= 15 is 0 Å². The third-order valence-electron chi connectivity index (χ3n) is 19.5. The maximum atomic E-state index is 2.42. The standard InChI is InChI=1S/C50H56N2.C46H48N2/c1-33-13-21-43(22-14-33)51(47-35(3)29-41(30-36(47)4)49(7,8)9)45-25-17-39(18-26-45)40-19-27-46(28-20-40)52(44-23-15-34(2)16-24-44)48-37(5)31-42(32-38(48)6)50(10,11)12;1-5-7-9-37-15-27-43(28-16-37)47(41-23-11-35(3)12-24-41)45-31-19-39(20-32-45)40-21-33-46(34-22-40)48(42-25-13-36(4)14-26-42)44-29-17-38(18-30-44)10-8-6-2/h13-32H,1-12H3;11-34H,5-10H2,1-4H3. The van der Waals surface area contributed by atoms with Crippen LogP contribution in [0, 0.1) is 55.4 Å². The molecule has 508 valence electrons. The third kappa shape index (κ3) is 16.9. The Labute approximate surface area is 600 Å². The first-order valence-corrected chi connectivity index (χ1v) is 36.3.